The molecule has 21 heavy (non-hydrogen) atoms. The summed E-state index contributed by atoms with van der Waals surface area (Å²) in [4.78, 5) is 12.1. The van der Waals surface area contributed by atoms with E-state index in [9.17, 15) is 4.79 Å². The second kappa shape index (κ2) is 5.51. The molecule has 0 aliphatic carbocycles. The van der Waals surface area contributed by atoms with Crippen LogP contribution in [-0.2, 0) is 11.3 Å². The van der Waals surface area contributed by atoms with Crippen LogP contribution in [0.25, 0.3) is 0 Å². The highest BCUT2D eigenvalue weighted by atomic mass is 16.5. The van der Waals surface area contributed by atoms with E-state index >= 15 is 0 Å². The molecular formula is C14H17N5O2. The molecule has 1 N–H and O–H groups in total. The molecule has 0 radical (unpaired) electrons. The Labute approximate surface area is 122 Å². The van der Waals surface area contributed by atoms with Crippen LogP contribution in [-0.4, -0.2) is 32.7 Å². The van der Waals surface area contributed by atoms with Crippen molar-refractivity contribution < 1.29 is 9.53 Å². The van der Waals surface area contributed by atoms with E-state index < -0.39 is 0 Å². The molecule has 7 heteroatoms. The van der Waals surface area contributed by atoms with Crippen LogP contribution in [0.2, 0.25) is 0 Å². The number of fused-ring (bicyclic) bond motifs is 1. The third-order valence-electron chi connectivity index (χ3n) is 3.51. The van der Waals surface area contributed by atoms with E-state index in [4.69, 9.17) is 4.74 Å². The summed E-state index contributed by atoms with van der Waals surface area (Å²) in [7, 11) is 0. The maximum Gasteiger partial charge on any atom is 0.242 e. The van der Waals surface area contributed by atoms with Gasteiger partial charge >= 0.3 is 0 Å². The van der Waals surface area contributed by atoms with Crippen LogP contribution in [0.3, 0.4) is 0 Å². The largest absolute Gasteiger partial charge is 0.493 e. The second-order valence-electron chi connectivity index (χ2n) is 5.26. The van der Waals surface area contributed by atoms with Crippen molar-refractivity contribution in [2.24, 2.45) is 0 Å². The number of amides is 1. The fraction of sp³-hybridized carbons (Fsp3) is 0.429. The van der Waals surface area contributed by atoms with Gasteiger partial charge in [0.25, 0.3) is 0 Å². The Bertz CT molecular complexity index is 654. The minimum absolute atomic E-state index is 0.0312. The number of benzene rings is 1. The summed E-state index contributed by atoms with van der Waals surface area (Å²) in [5, 5.41) is 13.8. The Balaban J connectivity index is 1.77. The smallest absolute Gasteiger partial charge is 0.242 e. The molecule has 1 amide bonds. The van der Waals surface area contributed by atoms with Gasteiger partial charge in [-0.3, -0.25) is 4.79 Å². The van der Waals surface area contributed by atoms with Gasteiger partial charge in [-0.05, 0) is 29.8 Å². The Morgan fingerprint density at radius 3 is 3.10 bits per heavy atom. The van der Waals surface area contributed by atoms with Crippen molar-refractivity contribution >= 4 is 5.91 Å². The van der Waals surface area contributed by atoms with Crippen LogP contribution in [0.15, 0.2) is 18.5 Å². The minimum Gasteiger partial charge on any atom is -0.493 e. The monoisotopic (exact) mass is 287 g/mol. The Hall–Kier alpha value is -2.44. The fourth-order valence-electron chi connectivity index (χ4n) is 2.67. The average Bonchev–Trinajstić information content (AvgIpc) is 2.92. The quantitative estimate of drug-likeness (QED) is 0.908. The van der Waals surface area contributed by atoms with Crippen LogP contribution in [0, 0.1) is 13.8 Å². The Morgan fingerprint density at radius 1 is 1.48 bits per heavy atom. The molecule has 0 bridgehead atoms. The zero-order valence-electron chi connectivity index (χ0n) is 12.0. The van der Waals surface area contributed by atoms with E-state index in [1.165, 1.54) is 11.0 Å². The first-order chi connectivity index (χ1) is 10.1. The summed E-state index contributed by atoms with van der Waals surface area (Å²) in [5.74, 6) is 0.777. The number of hydrogen-bond donors (Lipinski definition) is 1. The van der Waals surface area contributed by atoms with Crippen molar-refractivity contribution in [2.45, 2.75) is 32.9 Å². The first kappa shape index (κ1) is 13.5. The van der Waals surface area contributed by atoms with Crippen molar-refractivity contribution in [1.29, 1.82) is 0 Å². The number of ether oxygens (including phenoxy) is 1. The molecule has 1 aliphatic heterocycles. The molecule has 1 aromatic heterocycles. The summed E-state index contributed by atoms with van der Waals surface area (Å²) in [6, 6.07) is 4.13. The second-order valence-corrected chi connectivity index (χ2v) is 5.26. The van der Waals surface area contributed by atoms with Gasteiger partial charge in [0.1, 0.15) is 18.6 Å². The van der Waals surface area contributed by atoms with E-state index in [0.717, 1.165) is 28.9 Å². The molecule has 2 aromatic rings. The molecule has 7 nitrogen and oxygen atoms in total. The number of carbonyl (C=O) groups excluding carboxylic acids is 1. The average molecular weight is 287 g/mol. The van der Waals surface area contributed by atoms with E-state index in [-0.39, 0.29) is 18.5 Å². The first-order valence-electron chi connectivity index (χ1n) is 6.87. The van der Waals surface area contributed by atoms with Crippen LogP contribution in [0.5, 0.6) is 5.75 Å². The van der Waals surface area contributed by atoms with Gasteiger partial charge in [-0.1, -0.05) is 17.7 Å². The van der Waals surface area contributed by atoms with Crippen molar-refractivity contribution in [3.05, 3.63) is 35.2 Å². The number of nitrogens with zero attached hydrogens (tertiary/aromatic N) is 4. The molecule has 0 fully saturated rings. The van der Waals surface area contributed by atoms with E-state index in [1.807, 2.05) is 13.8 Å². The van der Waals surface area contributed by atoms with Gasteiger partial charge in [-0.25, -0.2) is 4.68 Å². The highest BCUT2D eigenvalue weighted by Crippen LogP contribution is 2.35. The number of rotatable bonds is 3. The molecule has 2 heterocycles. The standard InChI is InChI=1S/C14H17N5O2/c1-9-5-10(2)14-11(6-9)12(3-4-21-14)16-13(20)7-19-8-15-17-18-19/h5-6,8,12H,3-4,7H2,1-2H3,(H,16,20). The summed E-state index contributed by atoms with van der Waals surface area (Å²) in [6.07, 6.45) is 2.18. The Kier molecular flexibility index (Phi) is 3.55. The van der Waals surface area contributed by atoms with Gasteiger partial charge < -0.3 is 10.1 Å². The number of aryl methyl sites for hydroxylation is 2. The zero-order chi connectivity index (χ0) is 14.8. The Morgan fingerprint density at radius 2 is 2.33 bits per heavy atom. The van der Waals surface area contributed by atoms with Gasteiger partial charge in [-0.15, -0.1) is 5.10 Å². The summed E-state index contributed by atoms with van der Waals surface area (Å²) >= 11 is 0. The molecule has 3 rings (SSSR count). The van der Waals surface area contributed by atoms with Gasteiger partial charge in [0.2, 0.25) is 5.91 Å². The third-order valence-corrected chi connectivity index (χ3v) is 3.51. The molecule has 0 spiro atoms. The lowest BCUT2D eigenvalue weighted by atomic mass is 9.95. The highest BCUT2D eigenvalue weighted by molar-refractivity contribution is 5.76. The maximum atomic E-state index is 12.1. The number of aromatic nitrogens is 4. The van der Waals surface area contributed by atoms with E-state index in [2.05, 4.69) is 33.0 Å². The van der Waals surface area contributed by atoms with Gasteiger partial charge in [-0.2, -0.15) is 0 Å². The lowest BCUT2D eigenvalue weighted by Crippen LogP contribution is -2.34. The molecule has 1 atom stereocenters. The normalized spacial score (nSPS) is 17.0. The number of tetrazole rings is 1. The minimum atomic E-state index is -0.112. The van der Waals surface area contributed by atoms with Gasteiger partial charge in [0.05, 0.1) is 12.6 Å². The maximum absolute atomic E-state index is 12.1. The van der Waals surface area contributed by atoms with Gasteiger partial charge in [0.15, 0.2) is 0 Å². The predicted octanol–water partition coefficient (Wildman–Crippen LogP) is 0.930. The number of hydrogen-bond acceptors (Lipinski definition) is 5. The lowest BCUT2D eigenvalue weighted by molar-refractivity contribution is -0.122. The van der Waals surface area contributed by atoms with Crippen LogP contribution < -0.4 is 10.1 Å². The highest BCUT2D eigenvalue weighted by Gasteiger charge is 2.24. The molecule has 1 aromatic carbocycles. The number of nitrogens with one attached hydrogen (secondary N) is 1. The third kappa shape index (κ3) is 2.86. The van der Waals surface area contributed by atoms with Crippen molar-refractivity contribution in [3.8, 4) is 5.75 Å². The summed E-state index contributed by atoms with van der Waals surface area (Å²) < 4.78 is 7.14. The van der Waals surface area contributed by atoms with E-state index in [0.29, 0.717) is 6.61 Å². The van der Waals surface area contributed by atoms with Crippen LogP contribution in [0.4, 0.5) is 0 Å². The SMILES string of the molecule is Cc1cc(C)c2c(c1)C(NC(=O)Cn1cnnn1)CCO2. The molecule has 1 aliphatic rings. The molecule has 1 unspecified atom stereocenters. The zero-order valence-corrected chi connectivity index (χ0v) is 12.0. The lowest BCUT2D eigenvalue weighted by Gasteiger charge is -2.28. The van der Waals surface area contributed by atoms with Crippen LogP contribution in [0.1, 0.15) is 29.2 Å². The summed E-state index contributed by atoms with van der Waals surface area (Å²) in [6.45, 7) is 4.79. The molecule has 0 saturated carbocycles. The van der Waals surface area contributed by atoms with Gasteiger partial charge in [0, 0.05) is 12.0 Å². The topological polar surface area (TPSA) is 81.9 Å². The molecule has 110 valence electrons. The summed E-state index contributed by atoms with van der Waals surface area (Å²) in [5.41, 5.74) is 3.31. The molecule has 0 saturated heterocycles. The van der Waals surface area contributed by atoms with E-state index in [1.54, 1.807) is 0 Å². The van der Waals surface area contributed by atoms with Crippen molar-refractivity contribution in [3.63, 3.8) is 0 Å². The van der Waals surface area contributed by atoms with Crippen LogP contribution >= 0.6 is 0 Å². The molecular weight excluding hydrogens is 270 g/mol. The van der Waals surface area contributed by atoms with Crippen molar-refractivity contribution in [2.75, 3.05) is 6.61 Å². The first-order valence-corrected chi connectivity index (χ1v) is 6.87. The van der Waals surface area contributed by atoms with Crippen molar-refractivity contribution in [1.82, 2.24) is 25.5 Å². The number of carbonyl (C=O) groups is 1. The fourth-order valence-corrected chi connectivity index (χ4v) is 2.67. The predicted molar refractivity (Wildman–Crippen MR) is 74.7 cm³/mol.